The minimum absolute atomic E-state index is 0.670. The molecule has 0 saturated heterocycles. The van der Waals surface area contributed by atoms with Crippen LogP contribution in [0.2, 0.25) is 0 Å². The molecule has 1 saturated carbocycles. The first-order chi connectivity index (χ1) is 9.80. The molecule has 104 valence electrons. The first-order valence-electron chi connectivity index (χ1n) is 6.71. The van der Waals surface area contributed by atoms with Crippen LogP contribution in [0.25, 0.3) is 11.3 Å². The third-order valence-electron chi connectivity index (χ3n) is 3.36. The summed E-state index contributed by atoms with van der Waals surface area (Å²) >= 11 is 1.54. The van der Waals surface area contributed by atoms with E-state index in [1.165, 1.54) is 12.8 Å². The summed E-state index contributed by atoms with van der Waals surface area (Å²) in [7, 11) is 1.84. The molecule has 0 bridgehead atoms. The molecule has 2 heterocycles. The van der Waals surface area contributed by atoms with Crippen molar-refractivity contribution >= 4 is 17.7 Å². The molecular formula is C14H17N5S. The van der Waals surface area contributed by atoms with Crippen LogP contribution in [-0.4, -0.2) is 33.2 Å². The van der Waals surface area contributed by atoms with Gasteiger partial charge in [-0.2, -0.15) is 0 Å². The lowest BCUT2D eigenvalue weighted by Crippen LogP contribution is -2.04. The van der Waals surface area contributed by atoms with E-state index in [0.29, 0.717) is 5.95 Å². The first-order valence-corrected chi connectivity index (χ1v) is 7.93. The molecule has 0 radical (unpaired) electrons. The van der Waals surface area contributed by atoms with E-state index in [4.69, 9.17) is 0 Å². The largest absolute Gasteiger partial charge is 0.357 e. The van der Waals surface area contributed by atoms with Crippen molar-refractivity contribution in [1.29, 1.82) is 0 Å². The summed E-state index contributed by atoms with van der Waals surface area (Å²) in [5, 5.41) is 3.78. The molecule has 6 heteroatoms. The van der Waals surface area contributed by atoms with E-state index in [1.54, 1.807) is 18.0 Å². The molecule has 0 aliphatic heterocycles. The summed E-state index contributed by atoms with van der Waals surface area (Å²) in [6, 6.07) is 1.92. The lowest BCUT2D eigenvalue weighted by Gasteiger charge is -2.09. The molecule has 20 heavy (non-hydrogen) atoms. The van der Waals surface area contributed by atoms with Gasteiger partial charge in [0.05, 0.1) is 11.4 Å². The maximum atomic E-state index is 4.61. The Balaban J connectivity index is 2.01. The van der Waals surface area contributed by atoms with Gasteiger partial charge in [0.25, 0.3) is 0 Å². The van der Waals surface area contributed by atoms with E-state index in [2.05, 4.69) is 25.3 Å². The highest BCUT2D eigenvalue weighted by molar-refractivity contribution is 7.98. The third-order valence-corrected chi connectivity index (χ3v) is 3.92. The van der Waals surface area contributed by atoms with Crippen molar-refractivity contribution in [1.82, 2.24) is 19.9 Å². The zero-order chi connectivity index (χ0) is 13.9. The van der Waals surface area contributed by atoms with Crippen molar-refractivity contribution in [2.45, 2.75) is 24.4 Å². The van der Waals surface area contributed by atoms with Crippen LogP contribution in [0.4, 0.5) is 5.95 Å². The fourth-order valence-corrected chi connectivity index (χ4v) is 2.45. The number of anilines is 1. The summed E-state index contributed by atoms with van der Waals surface area (Å²) in [5.74, 6) is 1.44. The fourth-order valence-electron chi connectivity index (χ4n) is 2.09. The maximum absolute atomic E-state index is 4.61. The van der Waals surface area contributed by atoms with Crippen LogP contribution in [0.15, 0.2) is 23.6 Å². The highest BCUT2D eigenvalue weighted by Crippen LogP contribution is 2.35. The van der Waals surface area contributed by atoms with Gasteiger partial charge in [-0.25, -0.2) is 19.9 Å². The molecule has 0 aromatic carbocycles. The molecular weight excluding hydrogens is 270 g/mol. The van der Waals surface area contributed by atoms with Crippen LogP contribution >= 0.6 is 11.8 Å². The summed E-state index contributed by atoms with van der Waals surface area (Å²) in [4.78, 5) is 17.7. The highest BCUT2D eigenvalue weighted by atomic mass is 32.2. The van der Waals surface area contributed by atoms with Gasteiger partial charge in [-0.3, -0.25) is 0 Å². The number of aromatic nitrogens is 4. The molecule has 0 unspecified atom stereocenters. The number of hydrogen-bond donors (Lipinski definition) is 1. The van der Waals surface area contributed by atoms with Gasteiger partial charge in [0, 0.05) is 25.0 Å². The Labute approximate surface area is 122 Å². The topological polar surface area (TPSA) is 63.6 Å². The zero-order valence-corrected chi connectivity index (χ0v) is 12.4. The quantitative estimate of drug-likeness (QED) is 0.674. The molecule has 1 aliphatic carbocycles. The fraction of sp³-hybridized carbons (Fsp3) is 0.429. The van der Waals surface area contributed by atoms with Crippen molar-refractivity contribution in [2.75, 3.05) is 18.6 Å². The molecule has 1 aliphatic rings. The minimum Gasteiger partial charge on any atom is -0.357 e. The number of thioether (sulfide) groups is 1. The molecule has 3 rings (SSSR count). The average Bonchev–Trinajstić information content (AvgIpc) is 3.31. The van der Waals surface area contributed by atoms with Crippen LogP contribution in [0.3, 0.4) is 0 Å². The standard InChI is InChI=1S/C14H17N5S/c1-15-13-17-8-10(12(18-13)7-9-3-4-9)11-5-6-16-14(19-11)20-2/h5-6,8-9H,3-4,7H2,1-2H3,(H,15,17,18). The summed E-state index contributed by atoms with van der Waals surface area (Å²) < 4.78 is 0. The Hall–Kier alpha value is -1.69. The monoisotopic (exact) mass is 287 g/mol. The van der Waals surface area contributed by atoms with Gasteiger partial charge in [0.2, 0.25) is 5.95 Å². The second-order valence-electron chi connectivity index (χ2n) is 4.88. The van der Waals surface area contributed by atoms with Crippen molar-refractivity contribution < 1.29 is 0 Å². The normalized spacial score (nSPS) is 14.3. The Kier molecular flexibility index (Phi) is 3.82. The second-order valence-corrected chi connectivity index (χ2v) is 5.65. The van der Waals surface area contributed by atoms with Crippen LogP contribution in [0.1, 0.15) is 18.5 Å². The Morgan fingerprint density at radius 1 is 1.30 bits per heavy atom. The predicted octanol–water partition coefficient (Wildman–Crippen LogP) is 2.65. The SMILES string of the molecule is CNc1ncc(-c2ccnc(SC)n2)c(CC2CC2)n1. The van der Waals surface area contributed by atoms with Gasteiger partial charge in [0.15, 0.2) is 5.16 Å². The van der Waals surface area contributed by atoms with Crippen LogP contribution in [-0.2, 0) is 6.42 Å². The predicted molar refractivity (Wildman–Crippen MR) is 80.8 cm³/mol. The van der Waals surface area contributed by atoms with Crippen molar-refractivity contribution in [3.05, 3.63) is 24.2 Å². The Morgan fingerprint density at radius 3 is 2.85 bits per heavy atom. The molecule has 2 aromatic rings. The molecule has 0 spiro atoms. The van der Waals surface area contributed by atoms with E-state index in [0.717, 1.165) is 34.4 Å². The third kappa shape index (κ3) is 2.90. The molecule has 0 atom stereocenters. The summed E-state index contributed by atoms with van der Waals surface area (Å²) in [6.07, 6.45) is 9.25. The Bertz CT molecular complexity index is 612. The number of hydrogen-bond acceptors (Lipinski definition) is 6. The van der Waals surface area contributed by atoms with Crippen LogP contribution in [0, 0.1) is 5.92 Å². The minimum atomic E-state index is 0.670. The maximum Gasteiger partial charge on any atom is 0.222 e. The molecule has 0 amide bonds. The van der Waals surface area contributed by atoms with E-state index in [-0.39, 0.29) is 0 Å². The lowest BCUT2D eigenvalue weighted by molar-refractivity contribution is 0.800. The highest BCUT2D eigenvalue weighted by Gasteiger charge is 2.24. The van der Waals surface area contributed by atoms with Gasteiger partial charge in [0.1, 0.15) is 0 Å². The molecule has 2 aromatic heterocycles. The van der Waals surface area contributed by atoms with E-state index >= 15 is 0 Å². The molecule has 1 fully saturated rings. The van der Waals surface area contributed by atoms with Crippen molar-refractivity contribution in [3.8, 4) is 11.3 Å². The average molecular weight is 287 g/mol. The van der Waals surface area contributed by atoms with Gasteiger partial charge in [-0.1, -0.05) is 11.8 Å². The lowest BCUT2D eigenvalue weighted by atomic mass is 10.1. The van der Waals surface area contributed by atoms with E-state index in [1.807, 2.05) is 25.6 Å². The summed E-state index contributed by atoms with van der Waals surface area (Å²) in [5.41, 5.74) is 3.01. The van der Waals surface area contributed by atoms with Crippen LogP contribution in [0.5, 0.6) is 0 Å². The van der Waals surface area contributed by atoms with Crippen molar-refractivity contribution in [2.24, 2.45) is 5.92 Å². The molecule has 1 N–H and O–H groups in total. The smallest absolute Gasteiger partial charge is 0.222 e. The summed E-state index contributed by atoms with van der Waals surface area (Å²) in [6.45, 7) is 0. The zero-order valence-electron chi connectivity index (χ0n) is 11.6. The van der Waals surface area contributed by atoms with Crippen LogP contribution < -0.4 is 5.32 Å². The van der Waals surface area contributed by atoms with E-state index < -0.39 is 0 Å². The Morgan fingerprint density at radius 2 is 2.15 bits per heavy atom. The van der Waals surface area contributed by atoms with Gasteiger partial charge < -0.3 is 5.32 Å². The number of nitrogens with one attached hydrogen (secondary N) is 1. The van der Waals surface area contributed by atoms with Gasteiger partial charge in [-0.15, -0.1) is 0 Å². The molecule has 5 nitrogen and oxygen atoms in total. The van der Waals surface area contributed by atoms with Gasteiger partial charge in [-0.05, 0) is 37.5 Å². The first kappa shape index (κ1) is 13.3. The van der Waals surface area contributed by atoms with E-state index in [9.17, 15) is 0 Å². The number of rotatable bonds is 5. The second kappa shape index (κ2) is 5.75. The number of nitrogens with zero attached hydrogens (tertiary/aromatic N) is 4. The van der Waals surface area contributed by atoms with Gasteiger partial charge >= 0.3 is 0 Å². The van der Waals surface area contributed by atoms with Crippen molar-refractivity contribution in [3.63, 3.8) is 0 Å².